The quantitative estimate of drug-likeness (QED) is 0.370. The van der Waals surface area contributed by atoms with Crippen LogP contribution < -0.4 is 0 Å². The first-order chi connectivity index (χ1) is 9.84. The highest BCUT2D eigenvalue weighted by Gasteiger charge is 2.23. The largest absolute Gasteiger partial charge is 0.550 e. The van der Waals surface area contributed by atoms with Gasteiger partial charge < -0.3 is 9.47 Å². The van der Waals surface area contributed by atoms with Gasteiger partial charge in [-0.1, -0.05) is 40.0 Å². The Labute approximate surface area is 127 Å². The molecule has 0 spiro atoms. The van der Waals surface area contributed by atoms with Crippen molar-refractivity contribution in [1.82, 2.24) is 0 Å². The molecule has 6 heteroatoms. The summed E-state index contributed by atoms with van der Waals surface area (Å²) >= 11 is 0. The topological polar surface area (TPSA) is 71.1 Å². The van der Waals surface area contributed by atoms with Gasteiger partial charge in [-0.3, -0.25) is 0 Å². The molecule has 0 N–H and O–H groups in total. The summed E-state index contributed by atoms with van der Waals surface area (Å²) in [6, 6.07) is 0. The fraction of sp³-hybridized carbons (Fsp3) is 0.867. The van der Waals surface area contributed by atoms with Gasteiger partial charge in [0.25, 0.3) is 0 Å². The molecule has 6 nitrogen and oxygen atoms in total. The summed E-state index contributed by atoms with van der Waals surface area (Å²) < 4.78 is 9.85. The first-order valence-corrected chi connectivity index (χ1v) is 7.58. The molecule has 0 bridgehead atoms. The molecular weight excluding hydrogens is 276 g/mol. The van der Waals surface area contributed by atoms with Crippen LogP contribution in [-0.4, -0.2) is 24.5 Å². The minimum absolute atomic E-state index is 0.258. The van der Waals surface area contributed by atoms with Gasteiger partial charge in [-0.2, -0.15) is 19.4 Å². The van der Waals surface area contributed by atoms with Gasteiger partial charge >= 0.3 is 12.3 Å². The van der Waals surface area contributed by atoms with E-state index in [1.54, 1.807) is 13.8 Å². The van der Waals surface area contributed by atoms with Gasteiger partial charge in [0.2, 0.25) is 0 Å². The minimum Gasteiger partial charge on any atom is -0.431 e. The van der Waals surface area contributed by atoms with E-state index in [0.717, 1.165) is 25.7 Å². The van der Waals surface area contributed by atoms with E-state index in [1.807, 2.05) is 13.8 Å². The van der Waals surface area contributed by atoms with Gasteiger partial charge in [-0.15, -0.1) is 0 Å². The standard InChI is InChI=1S/C15H28O6/c1-6-9-10-12(7-2)11-18-13(16)20-21-14(17)19-15(4,5)8-3/h12H,6-11H2,1-5H3. The fourth-order valence-corrected chi connectivity index (χ4v) is 1.49. The number of unbranched alkanes of at least 4 members (excludes halogenated alkanes) is 1. The lowest BCUT2D eigenvalue weighted by molar-refractivity contribution is -0.227. The van der Waals surface area contributed by atoms with Crippen molar-refractivity contribution < 1.29 is 28.8 Å². The highest BCUT2D eigenvalue weighted by Crippen LogP contribution is 2.15. The van der Waals surface area contributed by atoms with Crippen LogP contribution in [-0.2, 0) is 19.2 Å². The van der Waals surface area contributed by atoms with Crippen LogP contribution >= 0.6 is 0 Å². The molecule has 1 unspecified atom stereocenters. The van der Waals surface area contributed by atoms with E-state index in [2.05, 4.69) is 16.7 Å². The maximum atomic E-state index is 11.3. The van der Waals surface area contributed by atoms with Gasteiger partial charge in [-0.25, -0.2) is 0 Å². The third-order valence-electron chi connectivity index (χ3n) is 3.37. The van der Waals surface area contributed by atoms with E-state index < -0.39 is 17.9 Å². The van der Waals surface area contributed by atoms with Crippen molar-refractivity contribution in [3.05, 3.63) is 0 Å². The number of rotatable bonds is 8. The number of carbonyl (C=O) groups excluding carboxylic acids is 2. The Morgan fingerprint density at radius 1 is 1.05 bits per heavy atom. The Kier molecular flexibility index (Phi) is 9.58. The van der Waals surface area contributed by atoms with Crippen molar-refractivity contribution in [2.75, 3.05) is 6.61 Å². The van der Waals surface area contributed by atoms with E-state index >= 15 is 0 Å². The number of carbonyl (C=O) groups is 2. The molecule has 0 saturated carbocycles. The average Bonchev–Trinajstić information content (AvgIpc) is 2.45. The molecule has 124 valence electrons. The smallest absolute Gasteiger partial charge is 0.431 e. The van der Waals surface area contributed by atoms with Crippen LogP contribution in [0, 0.1) is 5.92 Å². The van der Waals surface area contributed by atoms with E-state index in [0.29, 0.717) is 12.3 Å². The zero-order chi connectivity index (χ0) is 16.3. The highest BCUT2D eigenvalue weighted by molar-refractivity contribution is 5.63. The molecule has 0 aliphatic carbocycles. The second-order valence-corrected chi connectivity index (χ2v) is 5.61. The van der Waals surface area contributed by atoms with Gasteiger partial charge in [0.15, 0.2) is 0 Å². The monoisotopic (exact) mass is 304 g/mol. The van der Waals surface area contributed by atoms with Crippen LogP contribution in [0.1, 0.15) is 66.7 Å². The Morgan fingerprint density at radius 3 is 2.19 bits per heavy atom. The van der Waals surface area contributed by atoms with Gasteiger partial charge in [0, 0.05) is 0 Å². The van der Waals surface area contributed by atoms with Crippen molar-refractivity contribution in [3.63, 3.8) is 0 Å². The molecule has 0 aliphatic rings. The molecule has 0 saturated heterocycles. The summed E-state index contributed by atoms with van der Waals surface area (Å²) in [5.41, 5.74) is -0.669. The van der Waals surface area contributed by atoms with Crippen LogP contribution in [0.25, 0.3) is 0 Å². The Morgan fingerprint density at radius 2 is 1.67 bits per heavy atom. The first-order valence-electron chi connectivity index (χ1n) is 7.58. The summed E-state index contributed by atoms with van der Waals surface area (Å²) in [4.78, 5) is 31.1. The predicted octanol–water partition coefficient (Wildman–Crippen LogP) is 4.61. The molecule has 21 heavy (non-hydrogen) atoms. The SMILES string of the molecule is CCCCC(CC)COC(=O)OOC(=O)OC(C)(C)CC. The highest BCUT2D eigenvalue weighted by atomic mass is 17.3. The molecular formula is C15H28O6. The summed E-state index contributed by atoms with van der Waals surface area (Å²) in [7, 11) is 0. The Bertz CT molecular complexity index is 313. The second-order valence-electron chi connectivity index (χ2n) is 5.61. The van der Waals surface area contributed by atoms with Gasteiger partial charge in [-0.05, 0) is 32.6 Å². The molecule has 0 rings (SSSR count). The van der Waals surface area contributed by atoms with Crippen molar-refractivity contribution in [2.45, 2.75) is 72.3 Å². The molecule has 1 atom stereocenters. The lowest BCUT2D eigenvalue weighted by atomic mass is 10.0. The normalized spacial score (nSPS) is 12.4. The second kappa shape index (κ2) is 10.3. The lowest BCUT2D eigenvalue weighted by Crippen LogP contribution is -2.28. The maximum absolute atomic E-state index is 11.3. The van der Waals surface area contributed by atoms with Crippen LogP contribution in [0.4, 0.5) is 9.59 Å². The van der Waals surface area contributed by atoms with Crippen molar-refractivity contribution in [2.24, 2.45) is 5.92 Å². The summed E-state index contributed by atoms with van der Waals surface area (Å²) in [5, 5.41) is 0. The Hall–Kier alpha value is -1.46. The average molecular weight is 304 g/mol. The van der Waals surface area contributed by atoms with Crippen molar-refractivity contribution in [3.8, 4) is 0 Å². The zero-order valence-corrected chi connectivity index (χ0v) is 13.8. The number of hydrogen-bond acceptors (Lipinski definition) is 6. The third-order valence-corrected chi connectivity index (χ3v) is 3.37. The Balaban J connectivity index is 3.91. The molecule has 0 aromatic rings. The van der Waals surface area contributed by atoms with Crippen molar-refractivity contribution >= 4 is 12.3 Å². The molecule has 0 amide bonds. The summed E-state index contributed by atoms with van der Waals surface area (Å²) in [6.45, 7) is 9.73. The first kappa shape index (κ1) is 19.5. The van der Waals surface area contributed by atoms with Crippen LogP contribution in [0.5, 0.6) is 0 Å². The lowest BCUT2D eigenvalue weighted by Gasteiger charge is -2.21. The molecule has 0 aliphatic heterocycles. The molecule has 0 radical (unpaired) electrons. The van der Waals surface area contributed by atoms with Crippen LogP contribution in [0.15, 0.2) is 0 Å². The molecule has 0 fully saturated rings. The van der Waals surface area contributed by atoms with E-state index in [1.165, 1.54) is 0 Å². The molecule has 0 aromatic carbocycles. The van der Waals surface area contributed by atoms with Crippen LogP contribution in [0.3, 0.4) is 0 Å². The van der Waals surface area contributed by atoms with E-state index in [9.17, 15) is 9.59 Å². The number of ether oxygens (including phenoxy) is 2. The minimum atomic E-state index is -1.06. The number of hydrogen-bond donors (Lipinski definition) is 0. The van der Waals surface area contributed by atoms with E-state index in [-0.39, 0.29) is 6.61 Å². The van der Waals surface area contributed by atoms with Gasteiger partial charge in [0.1, 0.15) is 5.60 Å². The molecule has 0 heterocycles. The third kappa shape index (κ3) is 9.98. The summed E-state index contributed by atoms with van der Waals surface area (Å²) in [5.74, 6) is 0.295. The zero-order valence-electron chi connectivity index (χ0n) is 13.8. The predicted molar refractivity (Wildman–Crippen MR) is 77.7 cm³/mol. The van der Waals surface area contributed by atoms with Crippen LogP contribution in [0.2, 0.25) is 0 Å². The molecule has 0 aromatic heterocycles. The fourth-order valence-electron chi connectivity index (χ4n) is 1.49. The summed E-state index contributed by atoms with van der Waals surface area (Å²) in [6.07, 6.45) is 2.62. The van der Waals surface area contributed by atoms with E-state index in [4.69, 9.17) is 9.47 Å². The van der Waals surface area contributed by atoms with Crippen molar-refractivity contribution in [1.29, 1.82) is 0 Å². The van der Waals surface area contributed by atoms with Gasteiger partial charge in [0.05, 0.1) is 6.61 Å². The maximum Gasteiger partial charge on any atom is 0.550 e.